The van der Waals surface area contributed by atoms with Gasteiger partial charge in [-0.3, -0.25) is 0 Å². The summed E-state index contributed by atoms with van der Waals surface area (Å²) in [4.78, 5) is 10.7. The Morgan fingerprint density at radius 1 is 1.44 bits per heavy atom. The molecule has 0 aliphatic heterocycles. The van der Waals surface area contributed by atoms with Crippen LogP contribution in [0, 0.1) is 13.8 Å². The number of hydrogen-bond acceptors (Lipinski definition) is 4. The lowest BCUT2D eigenvalue weighted by Gasteiger charge is -2.05. The van der Waals surface area contributed by atoms with Gasteiger partial charge in [-0.05, 0) is 13.8 Å². The first kappa shape index (κ1) is 14.9. The standard InChI is InChI=1S/C10H12BrNO5S/c1-5(11)4-12-18(15,16)9-7(3)17-6(2)8(9)10(13)14/h12H,1,4H2,2-3H3,(H,13,14). The molecule has 0 saturated heterocycles. The fourth-order valence-electron chi connectivity index (χ4n) is 1.48. The maximum absolute atomic E-state index is 12.0. The highest BCUT2D eigenvalue weighted by molar-refractivity contribution is 9.11. The fourth-order valence-corrected chi connectivity index (χ4v) is 3.23. The van der Waals surface area contributed by atoms with Crippen molar-refractivity contribution < 1.29 is 22.7 Å². The molecule has 0 amide bonds. The second-order valence-electron chi connectivity index (χ2n) is 3.57. The molecule has 1 heterocycles. The van der Waals surface area contributed by atoms with Gasteiger partial charge in [-0.2, -0.15) is 0 Å². The van der Waals surface area contributed by atoms with Crippen LogP contribution in [0.25, 0.3) is 0 Å². The van der Waals surface area contributed by atoms with Gasteiger partial charge in [-0.25, -0.2) is 17.9 Å². The van der Waals surface area contributed by atoms with E-state index in [1.54, 1.807) is 0 Å². The first-order valence-electron chi connectivity index (χ1n) is 4.83. The monoisotopic (exact) mass is 337 g/mol. The van der Waals surface area contributed by atoms with Gasteiger partial charge < -0.3 is 9.52 Å². The molecule has 0 aliphatic rings. The summed E-state index contributed by atoms with van der Waals surface area (Å²) in [5.41, 5.74) is -0.347. The Balaban J connectivity index is 3.32. The van der Waals surface area contributed by atoms with Gasteiger partial charge in [0.2, 0.25) is 10.0 Å². The van der Waals surface area contributed by atoms with Crippen LogP contribution in [-0.4, -0.2) is 26.0 Å². The Morgan fingerprint density at radius 2 is 2.00 bits per heavy atom. The Bertz CT molecular complexity index is 602. The highest BCUT2D eigenvalue weighted by Gasteiger charge is 2.30. The lowest BCUT2D eigenvalue weighted by molar-refractivity contribution is 0.0691. The molecule has 6 nitrogen and oxygen atoms in total. The van der Waals surface area contributed by atoms with Crippen LogP contribution in [-0.2, 0) is 10.0 Å². The van der Waals surface area contributed by atoms with Crippen LogP contribution in [0.4, 0.5) is 0 Å². The highest BCUT2D eigenvalue weighted by atomic mass is 79.9. The molecule has 0 aliphatic carbocycles. The second-order valence-corrected chi connectivity index (χ2v) is 6.39. The largest absolute Gasteiger partial charge is 0.478 e. The average Bonchev–Trinajstić information content (AvgIpc) is 2.51. The van der Waals surface area contributed by atoms with E-state index >= 15 is 0 Å². The van der Waals surface area contributed by atoms with E-state index in [0.717, 1.165) is 0 Å². The highest BCUT2D eigenvalue weighted by Crippen LogP contribution is 2.26. The summed E-state index contributed by atoms with van der Waals surface area (Å²) in [6, 6.07) is 0. The zero-order valence-electron chi connectivity index (χ0n) is 9.78. The van der Waals surface area contributed by atoms with Crippen LogP contribution >= 0.6 is 15.9 Å². The predicted molar refractivity (Wildman–Crippen MR) is 68.4 cm³/mol. The summed E-state index contributed by atoms with van der Waals surface area (Å²) in [5, 5.41) is 9.02. The van der Waals surface area contributed by atoms with Crippen LogP contribution in [0.15, 0.2) is 20.4 Å². The van der Waals surface area contributed by atoms with Crippen LogP contribution in [0.3, 0.4) is 0 Å². The van der Waals surface area contributed by atoms with Crippen LogP contribution in [0.5, 0.6) is 0 Å². The number of carboxylic acids is 1. The summed E-state index contributed by atoms with van der Waals surface area (Å²) in [6.45, 7) is 6.25. The molecule has 100 valence electrons. The molecular weight excluding hydrogens is 326 g/mol. The van der Waals surface area contributed by atoms with Crippen LogP contribution in [0.1, 0.15) is 21.9 Å². The quantitative estimate of drug-likeness (QED) is 0.853. The molecule has 0 bridgehead atoms. The van der Waals surface area contributed by atoms with E-state index in [2.05, 4.69) is 27.2 Å². The number of rotatable bonds is 5. The van der Waals surface area contributed by atoms with Crippen molar-refractivity contribution in [3.05, 3.63) is 28.1 Å². The fraction of sp³-hybridized carbons (Fsp3) is 0.300. The normalized spacial score (nSPS) is 11.5. The van der Waals surface area contributed by atoms with Crippen molar-refractivity contribution in [3.8, 4) is 0 Å². The van der Waals surface area contributed by atoms with E-state index in [0.29, 0.717) is 4.48 Å². The minimum atomic E-state index is -3.96. The molecule has 1 aromatic rings. The number of carbonyl (C=O) groups is 1. The summed E-state index contributed by atoms with van der Waals surface area (Å²) in [7, 11) is -3.96. The molecule has 0 saturated carbocycles. The Morgan fingerprint density at radius 3 is 2.44 bits per heavy atom. The van der Waals surface area contributed by atoms with Crippen molar-refractivity contribution in [1.82, 2.24) is 4.72 Å². The number of sulfonamides is 1. The van der Waals surface area contributed by atoms with E-state index in [4.69, 9.17) is 9.52 Å². The zero-order chi connectivity index (χ0) is 14.1. The molecule has 2 N–H and O–H groups in total. The lowest BCUT2D eigenvalue weighted by atomic mass is 10.2. The van der Waals surface area contributed by atoms with Crippen molar-refractivity contribution in [2.75, 3.05) is 6.54 Å². The van der Waals surface area contributed by atoms with Gasteiger partial charge in [-0.1, -0.05) is 22.5 Å². The van der Waals surface area contributed by atoms with Crippen molar-refractivity contribution in [2.24, 2.45) is 0 Å². The topological polar surface area (TPSA) is 96.6 Å². The van der Waals surface area contributed by atoms with E-state index in [1.807, 2.05) is 0 Å². The molecule has 8 heteroatoms. The van der Waals surface area contributed by atoms with Crippen molar-refractivity contribution in [2.45, 2.75) is 18.7 Å². The molecule has 0 spiro atoms. The van der Waals surface area contributed by atoms with Crippen molar-refractivity contribution in [3.63, 3.8) is 0 Å². The zero-order valence-corrected chi connectivity index (χ0v) is 12.2. The molecule has 0 radical (unpaired) electrons. The number of hydrogen-bond donors (Lipinski definition) is 2. The van der Waals surface area contributed by atoms with Crippen LogP contribution in [0.2, 0.25) is 0 Å². The Kier molecular flexibility index (Phi) is 4.36. The third-order valence-corrected chi connectivity index (χ3v) is 3.98. The molecule has 0 atom stereocenters. The predicted octanol–water partition coefficient (Wildman–Crippen LogP) is 1.78. The smallest absolute Gasteiger partial charge is 0.340 e. The number of furan rings is 1. The molecule has 18 heavy (non-hydrogen) atoms. The van der Waals surface area contributed by atoms with E-state index in [9.17, 15) is 13.2 Å². The Hall–Kier alpha value is -1.12. The third kappa shape index (κ3) is 3.01. The van der Waals surface area contributed by atoms with Crippen LogP contribution < -0.4 is 4.72 Å². The number of halogens is 1. The minimum Gasteiger partial charge on any atom is -0.478 e. The first-order valence-corrected chi connectivity index (χ1v) is 7.10. The third-order valence-electron chi connectivity index (χ3n) is 2.14. The second kappa shape index (κ2) is 5.25. The van der Waals surface area contributed by atoms with Gasteiger partial charge in [0.05, 0.1) is 0 Å². The van der Waals surface area contributed by atoms with Gasteiger partial charge >= 0.3 is 5.97 Å². The molecule has 1 rings (SSSR count). The summed E-state index contributed by atoms with van der Waals surface area (Å²) < 4.78 is 31.7. The van der Waals surface area contributed by atoms with E-state index < -0.39 is 16.0 Å². The number of nitrogens with one attached hydrogen (secondary N) is 1. The summed E-state index contributed by atoms with van der Waals surface area (Å²) in [5.74, 6) is -1.25. The summed E-state index contributed by atoms with van der Waals surface area (Å²) in [6.07, 6.45) is 0. The lowest BCUT2D eigenvalue weighted by Crippen LogP contribution is -2.26. The Labute approximate surface area is 113 Å². The van der Waals surface area contributed by atoms with Gasteiger partial charge in [-0.15, -0.1) is 0 Å². The molecule has 0 unspecified atom stereocenters. The molecule has 1 aromatic heterocycles. The van der Waals surface area contributed by atoms with Gasteiger partial charge in [0.15, 0.2) is 0 Å². The molecule has 0 aromatic carbocycles. The molecular formula is C10H12BrNO5S. The maximum atomic E-state index is 12.0. The SMILES string of the molecule is C=C(Br)CNS(=O)(=O)c1c(C)oc(C)c1C(=O)O. The van der Waals surface area contributed by atoms with Gasteiger partial charge in [0.1, 0.15) is 22.0 Å². The number of aryl methyl sites for hydroxylation is 2. The van der Waals surface area contributed by atoms with Gasteiger partial charge in [0, 0.05) is 11.0 Å². The van der Waals surface area contributed by atoms with E-state index in [-0.39, 0.29) is 28.5 Å². The van der Waals surface area contributed by atoms with Crippen molar-refractivity contribution >= 4 is 31.9 Å². The minimum absolute atomic E-state index is 0.0366. The maximum Gasteiger partial charge on any atom is 0.340 e. The van der Waals surface area contributed by atoms with E-state index in [1.165, 1.54) is 13.8 Å². The number of aromatic carboxylic acids is 1. The summed E-state index contributed by atoms with van der Waals surface area (Å²) >= 11 is 3.01. The number of carboxylic acid groups (broad SMARTS) is 1. The first-order chi connectivity index (χ1) is 8.16. The average molecular weight is 338 g/mol. The molecule has 0 fully saturated rings. The van der Waals surface area contributed by atoms with Gasteiger partial charge in [0.25, 0.3) is 0 Å². The van der Waals surface area contributed by atoms with Crippen molar-refractivity contribution in [1.29, 1.82) is 0 Å².